The largest absolute Gasteiger partial charge is 0.381 e. The van der Waals surface area contributed by atoms with Gasteiger partial charge in [-0.1, -0.05) is 32.1 Å². The maximum absolute atomic E-state index is 12.0. The molecule has 1 atom stereocenters. The molecule has 1 aliphatic heterocycles. The summed E-state index contributed by atoms with van der Waals surface area (Å²) < 4.78 is 5.31. The Morgan fingerprint density at radius 2 is 1.81 bits per heavy atom. The molecule has 3 N–H and O–H groups in total. The van der Waals surface area contributed by atoms with Crippen LogP contribution in [0.5, 0.6) is 0 Å². The van der Waals surface area contributed by atoms with Crippen molar-refractivity contribution in [3.05, 3.63) is 0 Å². The predicted molar refractivity (Wildman–Crippen MR) is 87.6 cm³/mol. The second-order valence-corrected chi connectivity index (χ2v) is 6.41. The van der Waals surface area contributed by atoms with Crippen molar-refractivity contribution in [3.8, 4) is 0 Å². The zero-order valence-corrected chi connectivity index (χ0v) is 13.8. The first-order chi connectivity index (χ1) is 9.77. The van der Waals surface area contributed by atoms with E-state index in [4.69, 9.17) is 10.5 Å². The zero-order valence-electron chi connectivity index (χ0n) is 13.0. The van der Waals surface area contributed by atoms with E-state index in [9.17, 15) is 4.79 Å². The second kappa shape index (κ2) is 10.4. The molecule has 1 heterocycles. The van der Waals surface area contributed by atoms with E-state index < -0.39 is 0 Å². The Kier molecular flexibility index (Phi) is 9.29. The second-order valence-electron chi connectivity index (χ2n) is 6.41. The van der Waals surface area contributed by atoms with Gasteiger partial charge in [-0.2, -0.15) is 0 Å². The lowest BCUT2D eigenvalue weighted by atomic mass is 9.86. The van der Waals surface area contributed by atoms with Gasteiger partial charge in [-0.3, -0.25) is 4.79 Å². The third kappa shape index (κ3) is 6.54. The van der Waals surface area contributed by atoms with Crippen molar-refractivity contribution in [1.29, 1.82) is 0 Å². The molecular formula is C16H31ClN2O2. The lowest BCUT2D eigenvalue weighted by Gasteiger charge is -2.27. The van der Waals surface area contributed by atoms with Crippen LogP contribution in [0.25, 0.3) is 0 Å². The van der Waals surface area contributed by atoms with E-state index in [0.717, 1.165) is 44.9 Å². The molecule has 21 heavy (non-hydrogen) atoms. The Labute approximate surface area is 135 Å². The molecule has 1 saturated heterocycles. The highest BCUT2D eigenvalue weighted by molar-refractivity contribution is 5.85. The normalized spacial score (nSPS) is 22.3. The van der Waals surface area contributed by atoms with Crippen molar-refractivity contribution in [2.75, 3.05) is 19.8 Å². The van der Waals surface area contributed by atoms with Crippen molar-refractivity contribution in [2.45, 2.75) is 63.8 Å². The van der Waals surface area contributed by atoms with Gasteiger partial charge in [0.25, 0.3) is 0 Å². The van der Waals surface area contributed by atoms with Crippen LogP contribution in [0.15, 0.2) is 0 Å². The van der Waals surface area contributed by atoms with Gasteiger partial charge >= 0.3 is 0 Å². The minimum absolute atomic E-state index is 0. The third-order valence-corrected chi connectivity index (χ3v) is 4.89. The molecular weight excluding hydrogens is 288 g/mol. The number of ether oxygens (including phenoxy) is 1. The number of carbonyl (C=O) groups is 1. The first-order valence-corrected chi connectivity index (χ1v) is 8.38. The van der Waals surface area contributed by atoms with Crippen LogP contribution in [0.2, 0.25) is 0 Å². The molecule has 2 rings (SSSR count). The molecule has 1 unspecified atom stereocenters. The van der Waals surface area contributed by atoms with Gasteiger partial charge < -0.3 is 15.8 Å². The Morgan fingerprint density at radius 3 is 2.48 bits per heavy atom. The molecule has 0 spiro atoms. The van der Waals surface area contributed by atoms with Gasteiger partial charge in [-0.05, 0) is 37.5 Å². The highest BCUT2D eigenvalue weighted by atomic mass is 35.5. The molecule has 0 aromatic heterocycles. The molecule has 1 amide bonds. The molecule has 5 heteroatoms. The van der Waals surface area contributed by atoms with Crippen LogP contribution < -0.4 is 11.1 Å². The topological polar surface area (TPSA) is 64.4 Å². The van der Waals surface area contributed by atoms with Gasteiger partial charge in [-0.25, -0.2) is 0 Å². The molecule has 2 fully saturated rings. The number of carbonyl (C=O) groups excluding carboxylic acids is 1. The molecule has 0 bridgehead atoms. The van der Waals surface area contributed by atoms with Gasteiger partial charge in [-0.15, -0.1) is 12.4 Å². The summed E-state index contributed by atoms with van der Waals surface area (Å²) in [6.07, 6.45) is 11.1. The van der Waals surface area contributed by atoms with Crippen LogP contribution >= 0.6 is 12.4 Å². The summed E-state index contributed by atoms with van der Waals surface area (Å²) in [7, 11) is 0. The maximum atomic E-state index is 12.0. The Bertz CT molecular complexity index is 290. The summed E-state index contributed by atoms with van der Waals surface area (Å²) in [5.41, 5.74) is 6.05. The molecule has 2 aliphatic rings. The molecule has 0 aromatic rings. The molecule has 0 radical (unpaired) electrons. The Balaban J connectivity index is 0.00000220. The van der Waals surface area contributed by atoms with Gasteiger partial charge in [0.1, 0.15) is 0 Å². The number of hydrogen-bond acceptors (Lipinski definition) is 3. The van der Waals surface area contributed by atoms with E-state index in [0.29, 0.717) is 5.92 Å². The molecule has 0 aromatic carbocycles. The fourth-order valence-electron chi connectivity index (χ4n) is 3.48. The van der Waals surface area contributed by atoms with E-state index in [1.54, 1.807) is 0 Å². The fraction of sp³-hybridized carbons (Fsp3) is 0.938. The lowest BCUT2D eigenvalue weighted by Crippen LogP contribution is -2.47. The van der Waals surface area contributed by atoms with Crippen LogP contribution in [0, 0.1) is 11.8 Å². The van der Waals surface area contributed by atoms with Gasteiger partial charge in [0, 0.05) is 19.8 Å². The van der Waals surface area contributed by atoms with Crippen LogP contribution in [-0.2, 0) is 9.53 Å². The van der Waals surface area contributed by atoms with Crippen LogP contribution in [0.3, 0.4) is 0 Å². The van der Waals surface area contributed by atoms with E-state index in [2.05, 4.69) is 5.32 Å². The lowest BCUT2D eigenvalue weighted by molar-refractivity contribution is -0.124. The summed E-state index contributed by atoms with van der Waals surface area (Å²) in [6, 6.07) is -0.353. The summed E-state index contributed by atoms with van der Waals surface area (Å²) in [6.45, 7) is 2.27. The Hall–Kier alpha value is -0.320. The van der Waals surface area contributed by atoms with E-state index in [1.807, 2.05) is 0 Å². The highest BCUT2D eigenvalue weighted by Gasteiger charge is 2.26. The van der Waals surface area contributed by atoms with Gasteiger partial charge in [0.2, 0.25) is 5.91 Å². The monoisotopic (exact) mass is 318 g/mol. The Morgan fingerprint density at radius 1 is 1.14 bits per heavy atom. The van der Waals surface area contributed by atoms with Gasteiger partial charge in [0.15, 0.2) is 0 Å². The van der Waals surface area contributed by atoms with Crippen molar-refractivity contribution >= 4 is 18.3 Å². The smallest absolute Gasteiger partial charge is 0.237 e. The van der Waals surface area contributed by atoms with Crippen molar-refractivity contribution in [2.24, 2.45) is 17.6 Å². The van der Waals surface area contributed by atoms with Crippen LogP contribution in [-0.4, -0.2) is 31.7 Å². The maximum Gasteiger partial charge on any atom is 0.237 e. The zero-order chi connectivity index (χ0) is 14.2. The summed E-state index contributed by atoms with van der Waals surface area (Å²) in [5.74, 6) is 1.22. The number of nitrogens with two attached hydrogens (primary N) is 1. The van der Waals surface area contributed by atoms with Crippen LogP contribution in [0.4, 0.5) is 0 Å². The highest BCUT2D eigenvalue weighted by Crippen LogP contribution is 2.27. The van der Waals surface area contributed by atoms with E-state index in [-0.39, 0.29) is 24.4 Å². The fourth-order valence-corrected chi connectivity index (χ4v) is 3.48. The average molecular weight is 319 g/mol. The molecule has 1 aliphatic carbocycles. The average Bonchev–Trinajstić information content (AvgIpc) is 2.52. The SMILES string of the molecule is Cl.NC(C(=O)NCCCC1CCCCC1)C1CCOCC1. The minimum atomic E-state index is -0.353. The number of hydrogen-bond donors (Lipinski definition) is 2. The molecule has 1 saturated carbocycles. The minimum Gasteiger partial charge on any atom is -0.381 e. The summed E-state index contributed by atoms with van der Waals surface area (Å²) in [4.78, 5) is 12.0. The van der Waals surface area contributed by atoms with Crippen molar-refractivity contribution < 1.29 is 9.53 Å². The molecule has 124 valence electrons. The first kappa shape index (κ1) is 18.7. The summed E-state index contributed by atoms with van der Waals surface area (Å²) >= 11 is 0. The number of rotatable bonds is 6. The summed E-state index contributed by atoms with van der Waals surface area (Å²) in [5, 5.41) is 3.01. The quantitative estimate of drug-likeness (QED) is 0.740. The van der Waals surface area contributed by atoms with E-state index >= 15 is 0 Å². The van der Waals surface area contributed by atoms with E-state index in [1.165, 1.54) is 38.5 Å². The third-order valence-electron chi connectivity index (χ3n) is 4.89. The van der Waals surface area contributed by atoms with Crippen molar-refractivity contribution in [1.82, 2.24) is 5.32 Å². The number of nitrogens with one attached hydrogen (secondary N) is 1. The van der Waals surface area contributed by atoms with Crippen molar-refractivity contribution in [3.63, 3.8) is 0 Å². The number of halogens is 1. The number of amides is 1. The first-order valence-electron chi connectivity index (χ1n) is 8.38. The predicted octanol–water partition coefficient (Wildman–Crippen LogP) is 2.64. The molecule has 4 nitrogen and oxygen atoms in total. The van der Waals surface area contributed by atoms with Gasteiger partial charge in [0.05, 0.1) is 6.04 Å². The standard InChI is InChI=1S/C16H30N2O2.ClH/c17-15(14-8-11-20-12-9-14)16(19)18-10-4-7-13-5-2-1-3-6-13;/h13-15H,1-12,17H2,(H,18,19);1H. The van der Waals surface area contributed by atoms with Crippen LogP contribution in [0.1, 0.15) is 57.8 Å².